The maximum Gasteiger partial charge on any atom is 0.340 e. The van der Waals surface area contributed by atoms with Crippen LogP contribution >= 0.6 is 0 Å². The smallest absolute Gasteiger partial charge is 0.340 e. The molecule has 0 radical (unpaired) electrons. The van der Waals surface area contributed by atoms with Crippen LogP contribution in [0, 0.1) is 16.7 Å². The summed E-state index contributed by atoms with van der Waals surface area (Å²) in [6.07, 6.45) is 1.91. The highest BCUT2D eigenvalue weighted by Gasteiger charge is 2.61. The number of fused-ring (bicyclic) bond motifs is 2. The minimum absolute atomic E-state index is 0.172. The number of hydrogen-bond donors (Lipinski definition) is 3. The van der Waals surface area contributed by atoms with Crippen LogP contribution in [0.3, 0.4) is 0 Å². The number of esters is 2. The van der Waals surface area contributed by atoms with Gasteiger partial charge < -0.3 is 25.6 Å². The van der Waals surface area contributed by atoms with Crippen molar-refractivity contribution in [2.75, 3.05) is 7.11 Å². The quantitative estimate of drug-likeness (QED) is 0.417. The lowest BCUT2D eigenvalue weighted by Crippen LogP contribution is -2.55. The van der Waals surface area contributed by atoms with Crippen LogP contribution in [0.2, 0.25) is 0 Å². The third-order valence-electron chi connectivity index (χ3n) is 6.06. The van der Waals surface area contributed by atoms with Crippen LogP contribution in [-0.2, 0) is 28.7 Å². The highest BCUT2D eigenvalue weighted by molar-refractivity contribution is 6.03. The highest BCUT2D eigenvalue weighted by Crippen LogP contribution is 2.63. The Morgan fingerprint density at radius 2 is 1.85 bits per heavy atom. The SMILES string of the molecule is COC(=O)C(NC(=O)[C@@H](N)CC(=O)O)C(=O)O[C@@H]1C(C)(C)C2CC[C@]1(C)C2. The van der Waals surface area contributed by atoms with Crippen LogP contribution in [0.15, 0.2) is 0 Å². The first-order valence-corrected chi connectivity index (χ1v) is 8.98. The van der Waals surface area contributed by atoms with Crippen molar-refractivity contribution in [3.63, 3.8) is 0 Å². The molecule has 0 aromatic heterocycles. The van der Waals surface area contributed by atoms with Crippen LogP contribution in [0.25, 0.3) is 0 Å². The number of rotatable bonds is 7. The summed E-state index contributed by atoms with van der Waals surface area (Å²) in [6, 6.07) is -3.10. The molecule has 9 heteroatoms. The first-order chi connectivity index (χ1) is 12.4. The number of nitrogens with one attached hydrogen (secondary N) is 1. The normalized spacial score (nSPS) is 30.3. The molecule has 0 aromatic carbocycles. The number of ether oxygens (including phenoxy) is 2. The van der Waals surface area contributed by atoms with E-state index in [1.54, 1.807) is 0 Å². The Kier molecular flexibility index (Phi) is 5.84. The molecule has 2 fully saturated rings. The first-order valence-electron chi connectivity index (χ1n) is 8.98. The summed E-state index contributed by atoms with van der Waals surface area (Å²) >= 11 is 0. The zero-order valence-corrected chi connectivity index (χ0v) is 16.1. The summed E-state index contributed by atoms with van der Waals surface area (Å²) in [5.74, 6) is -3.71. The highest BCUT2D eigenvalue weighted by atomic mass is 16.6. The zero-order valence-electron chi connectivity index (χ0n) is 16.1. The molecule has 0 saturated heterocycles. The van der Waals surface area contributed by atoms with Gasteiger partial charge in [-0.25, -0.2) is 9.59 Å². The minimum Gasteiger partial charge on any atom is -0.481 e. The van der Waals surface area contributed by atoms with Crippen molar-refractivity contribution in [2.24, 2.45) is 22.5 Å². The van der Waals surface area contributed by atoms with Crippen molar-refractivity contribution in [3.05, 3.63) is 0 Å². The maximum absolute atomic E-state index is 12.7. The lowest BCUT2D eigenvalue weighted by Gasteiger charge is -2.42. The second-order valence-corrected chi connectivity index (χ2v) is 8.40. The molecule has 2 unspecified atom stereocenters. The van der Waals surface area contributed by atoms with Gasteiger partial charge >= 0.3 is 17.9 Å². The monoisotopic (exact) mass is 384 g/mol. The van der Waals surface area contributed by atoms with Crippen molar-refractivity contribution >= 4 is 23.8 Å². The summed E-state index contributed by atoms with van der Waals surface area (Å²) in [4.78, 5) is 47.4. The van der Waals surface area contributed by atoms with Crippen molar-refractivity contribution < 1.29 is 33.8 Å². The van der Waals surface area contributed by atoms with E-state index in [0.717, 1.165) is 26.4 Å². The van der Waals surface area contributed by atoms with Crippen molar-refractivity contribution in [1.82, 2.24) is 5.32 Å². The van der Waals surface area contributed by atoms with Gasteiger partial charge in [0.25, 0.3) is 0 Å². The Hall–Kier alpha value is -2.16. The predicted octanol–water partition coefficient (Wildman–Crippen LogP) is 0.204. The number of carboxylic acid groups (broad SMARTS) is 1. The summed E-state index contributed by atoms with van der Waals surface area (Å²) in [6.45, 7) is 6.14. The van der Waals surface area contributed by atoms with Gasteiger partial charge in [0.15, 0.2) is 0 Å². The van der Waals surface area contributed by atoms with Gasteiger partial charge in [-0.1, -0.05) is 20.8 Å². The fraction of sp³-hybridized carbons (Fsp3) is 0.778. The van der Waals surface area contributed by atoms with E-state index in [9.17, 15) is 19.2 Å². The van der Waals surface area contributed by atoms with Crippen molar-refractivity contribution in [1.29, 1.82) is 0 Å². The third kappa shape index (κ3) is 4.07. The Morgan fingerprint density at radius 3 is 2.33 bits per heavy atom. The first kappa shape index (κ1) is 21.1. The fourth-order valence-electron chi connectivity index (χ4n) is 4.60. The molecular weight excluding hydrogens is 356 g/mol. The molecule has 1 amide bonds. The predicted molar refractivity (Wildman–Crippen MR) is 93.3 cm³/mol. The topological polar surface area (TPSA) is 145 Å². The van der Waals surface area contributed by atoms with Crippen molar-refractivity contribution in [3.8, 4) is 0 Å². The lowest BCUT2D eigenvalue weighted by atomic mass is 9.70. The second-order valence-electron chi connectivity index (χ2n) is 8.40. The van der Waals surface area contributed by atoms with Gasteiger partial charge in [0.2, 0.25) is 11.9 Å². The lowest BCUT2D eigenvalue weighted by molar-refractivity contribution is -0.173. The minimum atomic E-state index is -1.69. The summed E-state index contributed by atoms with van der Waals surface area (Å²) < 4.78 is 10.3. The Morgan fingerprint density at radius 1 is 1.22 bits per heavy atom. The fourth-order valence-corrected chi connectivity index (χ4v) is 4.60. The molecular formula is C18H28N2O7. The van der Waals surface area contributed by atoms with Crippen LogP contribution < -0.4 is 11.1 Å². The zero-order chi connectivity index (χ0) is 20.6. The van der Waals surface area contributed by atoms with E-state index in [1.807, 2.05) is 13.8 Å². The number of amides is 1. The molecule has 5 atom stereocenters. The number of carbonyl (C=O) groups excluding carboxylic acids is 3. The molecule has 2 saturated carbocycles. The van der Waals surface area contributed by atoms with Gasteiger partial charge in [0, 0.05) is 10.8 Å². The number of hydrogen-bond acceptors (Lipinski definition) is 7. The van der Waals surface area contributed by atoms with E-state index in [1.165, 1.54) is 0 Å². The van der Waals surface area contributed by atoms with Gasteiger partial charge in [0.05, 0.1) is 19.6 Å². The van der Waals surface area contributed by atoms with Crippen LogP contribution in [-0.4, -0.2) is 54.2 Å². The summed E-state index contributed by atoms with van der Waals surface area (Å²) in [7, 11) is 1.08. The number of nitrogens with two attached hydrogens (primary N) is 1. The molecule has 152 valence electrons. The Balaban J connectivity index is 2.12. The molecule has 9 nitrogen and oxygen atoms in total. The van der Waals surface area contributed by atoms with Crippen molar-refractivity contribution in [2.45, 2.75) is 64.6 Å². The molecule has 2 bridgehead atoms. The molecule has 0 aromatic rings. The standard InChI is InChI=1S/C18H28N2O7/c1-17(2)9-5-6-18(3,8-9)16(17)27-15(25)12(14(24)26-4)20-13(23)10(19)7-11(21)22/h9-10,12,16H,5-8,19H2,1-4H3,(H,20,23)(H,21,22)/t9?,10-,12?,16+,18+/m0/s1. The summed E-state index contributed by atoms with van der Waals surface area (Å²) in [5.41, 5.74) is 5.07. The van der Waals surface area contributed by atoms with E-state index >= 15 is 0 Å². The van der Waals surface area contributed by atoms with Gasteiger partial charge in [0.1, 0.15) is 6.10 Å². The van der Waals surface area contributed by atoms with E-state index in [4.69, 9.17) is 15.6 Å². The van der Waals surface area contributed by atoms with Crippen LogP contribution in [0.5, 0.6) is 0 Å². The number of aliphatic carboxylic acids is 1. The average molecular weight is 384 g/mol. The van der Waals surface area contributed by atoms with Gasteiger partial charge in [-0.05, 0) is 25.2 Å². The molecule has 0 aliphatic heterocycles. The molecule has 0 spiro atoms. The van der Waals surface area contributed by atoms with E-state index in [0.29, 0.717) is 5.92 Å². The van der Waals surface area contributed by atoms with E-state index in [2.05, 4.69) is 17.0 Å². The maximum atomic E-state index is 12.7. The molecule has 27 heavy (non-hydrogen) atoms. The number of methoxy groups -OCH3 is 1. The Labute approximate surface area is 157 Å². The molecule has 2 aliphatic rings. The van der Waals surface area contributed by atoms with Gasteiger partial charge in [-0.3, -0.25) is 9.59 Å². The summed E-state index contributed by atoms with van der Waals surface area (Å²) in [5, 5.41) is 10.9. The van der Waals surface area contributed by atoms with E-state index < -0.39 is 48.4 Å². The second kappa shape index (κ2) is 7.46. The average Bonchev–Trinajstić information content (AvgIpc) is 3.05. The molecule has 2 aliphatic carbocycles. The largest absolute Gasteiger partial charge is 0.481 e. The number of carboxylic acids is 1. The Bertz CT molecular complexity index is 643. The van der Waals surface area contributed by atoms with Gasteiger partial charge in [-0.15, -0.1) is 0 Å². The molecule has 4 N–H and O–H groups in total. The molecule has 2 rings (SSSR count). The van der Waals surface area contributed by atoms with Gasteiger partial charge in [-0.2, -0.15) is 0 Å². The van der Waals surface area contributed by atoms with Crippen LogP contribution in [0.4, 0.5) is 0 Å². The molecule has 0 heterocycles. The van der Waals surface area contributed by atoms with Crippen LogP contribution in [0.1, 0.15) is 46.5 Å². The van der Waals surface area contributed by atoms with E-state index in [-0.39, 0.29) is 10.8 Å². The third-order valence-corrected chi connectivity index (χ3v) is 6.06. The number of carbonyl (C=O) groups is 4.